The highest BCUT2D eigenvalue weighted by Gasteiger charge is 2.40. The molecule has 0 saturated carbocycles. The van der Waals surface area contributed by atoms with Gasteiger partial charge in [0.05, 0.1) is 6.04 Å². The van der Waals surface area contributed by atoms with Crippen molar-refractivity contribution in [2.24, 2.45) is 0 Å². The van der Waals surface area contributed by atoms with Crippen molar-refractivity contribution in [2.75, 3.05) is 16.3 Å². The highest BCUT2D eigenvalue weighted by molar-refractivity contribution is 6.31. The molecule has 3 aromatic rings. The third-order valence-corrected chi connectivity index (χ3v) is 6.29. The molecule has 0 fully saturated rings. The Balaban J connectivity index is 1.60. The van der Waals surface area contributed by atoms with E-state index in [-0.39, 0.29) is 11.9 Å². The van der Waals surface area contributed by atoms with Crippen LogP contribution in [-0.2, 0) is 4.79 Å². The molecule has 3 aromatic carbocycles. The van der Waals surface area contributed by atoms with E-state index in [0.717, 1.165) is 47.6 Å². The Kier molecular flexibility index (Phi) is 4.84. The van der Waals surface area contributed by atoms with Gasteiger partial charge in [0.25, 0.3) is 5.91 Å². The second kappa shape index (κ2) is 7.66. The van der Waals surface area contributed by atoms with Gasteiger partial charge >= 0.3 is 0 Å². The van der Waals surface area contributed by atoms with Crippen molar-refractivity contribution in [3.63, 3.8) is 0 Å². The minimum Gasteiger partial charge on any atom is -0.344 e. The lowest BCUT2D eigenvalue weighted by atomic mass is 9.92. The SMILES string of the molecule is Cc1ccc(N2CCC3=C2CC(c2ccccc2)N(c2cccc(Cl)c2)C3=O)cc1. The molecule has 1 atom stereocenters. The van der Waals surface area contributed by atoms with Gasteiger partial charge in [-0.3, -0.25) is 4.79 Å². The van der Waals surface area contributed by atoms with Gasteiger partial charge in [0.15, 0.2) is 0 Å². The number of anilines is 2. The van der Waals surface area contributed by atoms with Crippen LogP contribution in [0, 0.1) is 6.92 Å². The Bertz CT molecular complexity index is 1120. The summed E-state index contributed by atoms with van der Waals surface area (Å²) >= 11 is 6.27. The predicted octanol–water partition coefficient (Wildman–Crippen LogP) is 6.29. The molecule has 0 N–H and O–H groups in total. The van der Waals surface area contributed by atoms with Crippen LogP contribution in [-0.4, -0.2) is 12.5 Å². The van der Waals surface area contributed by atoms with Crippen LogP contribution in [0.2, 0.25) is 5.02 Å². The monoisotopic (exact) mass is 414 g/mol. The zero-order valence-corrected chi connectivity index (χ0v) is 17.6. The van der Waals surface area contributed by atoms with Crippen LogP contribution in [0.1, 0.15) is 30.0 Å². The molecule has 30 heavy (non-hydrogen) atoms. The average Bonchev–Trinajstić information content (AvgIpc) is 3.19. The van der Waals surface area contributed by atoms with Gasteiger partial charge in [-0.2, -0.15) is 0 Å². The number of nitrogens with zero attached hydrogens (tertiary/aromatic N) is 2. The Labute approximate surface area is 182 Å². The summed E-state index contributed by atoms with van der Waals surface area (Å²) in [6, 6.07) is 26.4. The van der Waals surface area contributed by atoms with Crippen LogP contribution < -0.4 is 9.80 Å². The van der Waals surface area contributed by atoms with E-state index in [1.165, 1.54) is 5.56 Å². The van der Waals surface area contributed by atoms with Crippen molar-refractivity contribution in [3.05, 3.63) is 106 Å². The molecule has 0 bridgehead atoms. The zero-order valence-electron chi connectivity index (χ0n) is 16.9. The van der Waals surface area contributed by atoms with Gasteiger partial charge in [0.1, 0.15) is 0 Å². The normalized spacial score (nSPS) is 18.7. The first-order valence-electron chi connectivity index (χ1n) is 10.3. The second-order valence-electron chi connectivity index (χ2n) is 7.95. The lowest BCUT2D eigenvalue weighted by molar-refractivity contribution is -0.116. The fraction of sp³-hybridized carbons (Fsp3) is 0.192. The number of amides is 1. The summed E-state index contributed by atoms with van der Waals surface area (Å²) in [5.74, 6) is 0.0852. The number of hydrogen-bond acceptors (Lipinski definition) is 2. The van der Waals surface area contributed by atoms with Gasteiger partial charge in [-0.1, -0.05) is 65.7 Å². The number of carbonyl (C=O) groups excluding carboxylic acids is 1. The minimum absolute atomic E-state index is 0.0676. The Morgan fingerprint density at radius 3 is 2.40 bits per heavy atom. The van der Waals surface area contributed by atoms with E-state index < -0.39 is 0 Å². The molecule has 150 valence electrons. The van der Waals surface area contributed by atoms with E-state index >= 15 is 0 Å². The molecule has 0 radical (unpaired) electrons. The van der Waals surface area contributed by atoms with Gasteiger partial charge in [0, 0.05) is 40.6 Å². The molecule has 2 aliphatic heterocycles. The molecule has 0 aliphatic carbocycles. The third kappa shape index (κ3) is 3.29. The van der Waals surface area contributed by atoms with Crippen LogP contribution in [0.5, 0.6) is 0 Å². The van der Waals surface area contributed by atoms with Gasteiger partial charge in [-0.05, 0) is 49.2 Å². The molecule has 1 amide bonds. The number of hydrogen-bond donors (Lipinski definition) is 0. The fourth-order valence-electron chi connectivity index (χ4n) is 4.57. The van der Waals surface area contributed by atoms with Crippen molar-refractivity contribution in [1.82, 2.24) is 0 Å². The molecule has 0 aromatic heterocycles. The molecular formula is C26H23ClN2O. The van der Waals surface area contributed by atoms with E-state index in [2.05, 4.69) is 48.2 Å². The molecule has 5 rings (SSSR count). The molecular weight excluding hydrogens is 392 g/mol. The Morgan fingerprint density at radius 2 is 1.67 bits per heavy atom. The van der Waals surface area contributed by atoms with Gasteiger partial charge in [-0.15, -0.1) is 0 Å². The number of carbonyl (C=O) groups is 1. The average molecular weight is 415 g/mol. The van der Waals surface area contributed by atoms with E-state index in [0.29, 0.717) is 5.02 Å². The molecule has 3 nitrogen and oxygen atoms in total. The number of aryl methyl sites for hydroxylation is 1. The Hall–Kier alpha value is -3.04. The molecule has 2 aliphatic rings. The number of halogens is 1. The molecule has 0 saturated heterocycles. The lowest BCUT2D eigenvalue weighted by Gasteiger charge is -2.38. The Morgan fingerprint density at radius 1 is 0.900 bits per heavy atom. The molecule has 4 heteroatoms. The van der Waals surface area contributed by atoms with E-state index in [9.17, 15) is 4.79 Å². The fourth-order valence-corrected chi connectivity index (χ4v) is 4.75. The topological polar surface area (TPSA) is 23.6 Å². The number of rotatable bonds is 3. The van der Waals surface area contributed by atoms with Gasteiger partial charge in [-0.25, -0.2) is 0 Å². The summed E-state index contributed by atoms with van der Waals surface area (Å²) in [6.45, 7) is 2.93. The summed E-state index contributed by atoms with van der Waals surface area (Å²) in [5, 5.41) is 0.639. The first kappa shape index (κ1) is 19.0. The maximum atomic E-state index is 13.7. The zero-order chi connectivity index (χ0) is 20.7. The predicted molar refractivity (Wildman–Crippen MR) is 123 cm³/mol. The second-order valence-corrected chi connectivity index (χ2v) is 8.38. The first-order chi connectivity index (χ1) is 14.6. The van der Waals surface area contributed by atoms with Crippen molar-refractivity contribution >= 4 is 28.9 Å². The smallest absolute Gasteiger partial charge is 0.256 e. The summed E-state index contributed by atoms with van der Waals surface area (Å²) in [6.07, 6.45) is 1.55. The highest BCUT2D eigenvalue weighted by Crippen LogP contribution is 2.44. The van der Waals surface area contributed by atoms with Crippen molar-refractivity contribution in [3.8, 4) is 0 Å². The maximum absolute atomic E-state index is 13.7. The van der Waals surface area contributed by atoms with Gasteiger partial charge in [0.2, 0.25) is 0 Å². The van der Waals surface area contributed by atoms with E-state index in [1.54, 1.807) is 0 Å². The highest BCUT2D eigenvalue weighted by atomic mass is 35.5. The van der Waals surface area contributed by atoms with Crippen molar-refractivity contribution in [1.29, 1.82) is 0 Å². The quantitative estimate of drug-likeness (QED) is 0.502. The van der Waals surface area contributed by atoms with Crippen LogP contribution in [0.15, 0.2) is 90.1 Å². The van der Waals surface area contributed by atoms with Gasteiger partial charge < -0.3 is 9.80 Å². The third-order valence-electron chi connectivity index (χ3n) is 6.05. The van der Waals surface area contributed by atoms with Crippen LogP contribution in [0.25, 0.3) is 0 Å². The maximum Gasteiger partial charge on any atom is 0.256 e. The van der Waals surface area contributed by atoms with Crippen molar-refractivity contribution in [2.45, 2.75) is 25.8 Å². The van der Waals surface area contributed by atoms with Crippen LogP contribution >= 0.6 is 11.6 Å². The van der Waals surface area contributed by atoms with Crippen LogP contribution in [0.4, 0.5) is 11.4 Å². The van der Waals surface area contributed by atoms with Crippen molar-refractivity contribution < 1.29 is 4.79 Å². The largest absolute Gasteiger partial charge is 0.344 e. The summed E-state index contributed by atoms with van der Waals surface area (Å²) in [5.41, 5.74) is 6.44. The summed E-state index contributed by atoms with van der Waals surface area (Å²) in [7, 11) is 0. The molecule has 1 unspecified atom stereocenters. The van der Waals surface area contributed by atoms with Crippen LogP contribution in [0.3, 0.4) is 0 Å². The lowest BCUT2D eigenvalue weighted by Crippen LogP contribution is -2.40. The summed E-state index contributed by atoms with van der Waals surface area (Å²) in [4.78, 5) is 18.0. The van der Waals surface area contributed by atoms with E-state index in [4.69, 9.17) is 11.6 Å². The van der Waals surface area contributed by atoms with E-state index in [1.807, 2.05) is 47.4 Å². The molecule has 0 spiro atoms. The molecule has 2 heterocycles. The number of benzene rings is 3. The summed E-state index contributed by atoms with van der Waals surface area (Å²) < 4.78 is 0. The standard InChI is InChI=1S/C26H23ClN2O/c1-18-10-12-21(13-11-18)28-15-14-23-25(28)17-24(19-6-3-2-4-7-19)29(26(23)30)22-9-5-8-20(27)16-22/h2-13,16,24H,14-15,17H2,1H3. The minimum atomic E-state index is -0.0676. The first-order valence-corrected chi connectivity index (χ1v) is 10.7.